The average molecular weight is 285 g/mol. The molecule has 0 atom stereocenters. The normalized spacial score (nSPS) is 10.9. The fourth-order valence-electron chi connectivity index (χ4n) is 2.31. The smallest absolute Gasteiger partial charge is 0.259 e. The minimum atomic E-state index is -0.129. The second kappa shape index (κ2) is 4.76. The van der Waals surface area contributed by atoms with Crippen molar-refractivity contribution >= 4 is 22.5 Å². The van der Waals surface area contributed by atoms with Crippen molar-refractivity contribution in [1.82, 2.24) is 9.97 Å². The molecule has 0 aliphatic heterocycles. The second-order valence-electron chi connectivity index (χ2n) is 4.86. The van der Waals surface area contributed by atoms with Crippen LogP contribution in [0.25, 0.3) is 22.3 Å². The summed E-state index contributed by atoms with van der Waals surface area (Å²) in [4.78, 5) is 19.4. The van der Waals surface area contributed by atoms with Crippen LogP contribution in [0.15, 0.2) is 41.2 Å². The lowest BCUT2D eigenvalue weighted by atomic mass is 10.1. The maximum Gasteiger partial charge on any atom is 0.259 e. The van der Waals surface area contributed by atoms with Gasteiger partial charge in [0.15, 0.2) is 0 Å². The molecule has 0 amide bonds. The summed E-state index contributed by atoms with van der Waals surface area (Å²) in [6, 6.07) is 11.2. The van der Waals surface area contributed by atoms with E-state index in [0.717, 1.165) is 21.7 Å². The molecule has 2 aromatic carbocycles. The fourth-order valence-corrected chi connectivity index (χ4v) is 2.41. The van der Waals surface area contributed by atoms with Gasteiger partial charge in [0.25, 0.3) is 5.56 Å². The van der Waals surface area contributed by atoms with E-state index in [9.17, 15) is 4.79 Å². The summed E-state index contributed by atoms with van der Waals surface area (Å²) in [5.74, 6) is 0.566. The van der Waals surface area contributed by atoms with Gasteiger partial charge in [-0.3, -0.25) is 4.79 Å². The zero-order chi connectivity index (χ0) is 14.3. The van der Waals surface area contributed by atoms with Crippen LogP contribution >= 0.6 is 11.6 Å². The Bertz CT molecular complexity index is 845. The van der Waals surface area contributed by atoms with Crippen molar-refractivity contribution < 1.29 is 0 Å². The number of fused-ring (bicyclic) bond motifs is 1. The highest BCUT2D eigenvalue weighted by molar-refractivity contribution is 6.32. The van der Waals surface area contributed by atoms with Gasteiger partial charge < -0.3 is 4.98 Å². The van der Waals surface area contributed by atoms with Crippen LogP contribution < -0.4 is 5.56 Å². The van der Waals surface area contributed by atoms with Gasteiger partial charge >= 0.3 is 0 Å². The molecular weight excluding hydrogens is 272 g/mol. The molecule has 3 rings (SSSR count). The maximum atomic E-state index is 12.1. The van der Waals surface area contributed by atoms with E-state index in [2.05, 4.69) is 9.97 Å². The van der Waals surface area contributed by atoms with E-state index < -0.39 is 0 Å². The molecule has 0 bridgehead atoms. The van der Waals surface area contributed by atoms with Gasteiger partial charge in [0, 0.05) is 10.6 Å². The van der Waals surface area contributed by atoms with Crippen molar-refractivity contribution in [1.29, 1.82) is 0 Å². The number of para-hydroxylation sites is 1. The van der Waals surface area contributed by atoms with Crippen LogP contribution in [0.1, 0.15) is 11.1 Å². The van der Waals surface area contributed by atoms with E-state index in [1.54, 1.807) is 6.07 Å². The minimum absolute atomic E-state index is 0.129. The van der Waals surface area contributed by atoms with Crippen molar-refractivity contribution in [2.45, 2.75) is 13.8 Å². The van der Waals surface area contributed by atoms with Crippen molar-refractivity contribution in [3.63, 3.8) is 0 Å². The third-order valence-corrected chi connectivity index (χ3v) is 3.92. The number of nitrogens with zero attached hydrogens (tertiary/aromatic N) is 1. The second-order valence-corrected chi connectivity index (χ2v) is 5.23. The number of aryl methyl sites for hydroxylation is 2. The summed E-state index contributed by atoms with van der Waals surface area (Å²) in [6.45, 7) is 3.88. The number of benzene rings is 2. The molecule has 20 heavy (non-hydrogen) atoms. The summed E-state index contributed by atoms with van der Waals surface area (Å²) in [7, 11) is 0. The van der Waals surface area contributed by atoms with Crippen LogP contribution in [0, 0.1) is 13.8 Å². The third-order valence-electron chi connectivity index (χ3n) is 3.32. The highest BCUT2D eigenvalue weighted by Gasteiger charge is 2.08. The first-order chi connectivity index (χ1) is 9.56. The number of hydrogen-bond donors (Lipinski definition) is 1. The predicted molar refractivity (Wildman–Crippen MR) is 82.3 cm³/mol. The van der Waals surface area contributed by atoms with E-state index >= 15 is 0 Å². The summed E-state index contributed by atoms with van der Waals surface area (Å²) in [6.07, 6.45) is 0. The van der Waals surface area contributed by atoms with Crippen LogP contribution in [-0.2, 0) is 0 Å². The first-order valence-corrected chi connectivity index (χ1v) is 6.70. The Hall–Kier alpha value is -2.13. The van der Waals surface area contributed by atoms with E-state index in [-0.39, 0.29) is 5.56 Å². The Labute approximate surface area is 121 Å². The summed E-state index contributed by atoms with van der Waals surface area (Å²) < 4.78 is 0. The number of aromatic nitrogens is 2. The number of halogens is 1. The Morgan fingerprint density at radius 3 is 2.45 bits per heavy atom. The fraction of sp³-hybridized carbons (Fsp3) is 0.125. The van der Waals surface area contributed by atoms with E-state index in [1.807, 2.05) is 44.2 Å². The first kappa shape index (κ1) is 12.9. The highest BCUT2D eigenvalue weighted by Crippen LogP contribution is 2.26. The number of rotatable bonds is 1. The van der Waals surface area contributed by atoms with Crippen molar-refractivity contribution in [3.8, 4) is 11.4 Å². The maximum absolute atomic E-state index is 12.1. The SMILES string of the molecule is Cc1cc(-c2nc3ccccc3c(=O)[nH]2)cc(C)c1Cl. The van der Waals surface area contributed by atoms with Crippen LogP contribution in [0.4, 0.5) is 0 Å². The van der Waals surface area contributed by atoms with Crippen LogP contribution in [-0.4, -0.2) is 9.97 Å². The third kappa shape index (κ3) is 2.10. The molecule has 0 saturated carbocycles. The van der Waals surface area contributed by atoms with Crippen LogP contribution in [0.3, 0.4) is 0 Å². The zero-order valence-corrected chi connectivity index (χ0v) is 12.0. The highest BCUT2D eigenvalue weighted by atomic mass is 35.5. The quantitative estimate of drug-likeness (QED) is 0.737. The van der Waals surface area contributed by atoms with Gasteiger partial charge in [-0.15, -0.1) is 0 Å². The molecule has 3 aromatic rings. The molecule has 1 aromatic heterocycles. The molecule has 0 radical (unpaired) electrons. The molecule has 100 valence electrons. The number of H-pyrrole nitrogens is 1. The minimum Gasteiger partial charge on any atom is -0.306 e. The van der Waals surface area contributed by atoms with Crippen LogP contribution in [0.5, 0.6) is 0 Å². The molecule has 3 nitrogen and oxygen atoms in total. The molecule has 0 unspecified atom stereocenters. The standard InChI is InChI=1S/C16H13ClN2O/c1-9-7-11(8-10(2)14(9)17)15-18-13-6-4-3-5-12(13)16(20)19-15/h3-8H,1-2H3,(H,18,19,20). The molecule has 1 heterocycles. The molecule has 1 N–H and O–H groups in total. The summed E-state index contributed by atoms with van der Waals surface area (Å²) in [5.41, 5.74) is 3.37. The van der Waals surface area contributed by atoms with E-state index in [0.29, 0.717) is 16.7 Å². The topological polar surface area (TPSA) is 45.8 Å². The van der Waals surface area contributed by atoms with Crippen molar-refractivity contribution in [2.24, 2.45) is 0 Å². The molecule has 0 aliphatic carbocycles. The summed E-state index contributed by atoms with van der Waals surface area (Å²) in [5, 5.41) is 1.34. The molecule has 0 spiro atoms. The lowest BCUT2D eigenvalue weighted by Gasteiger charge is -2.08. The summed E-state index contributed by atoms with van der Waals surface area (Å²) >= 11 is 6.17. The lowest BCUT2D eigenvalue weighted by molar-refractivity contribution is 1.17. The zero-order valence-electron chi connectivity index (χ0n) is 11.2. The largest absolute Gasteiger partial charge is 0.306 e. The first-order valence-electron chi connectivity index (χ1n) is 6.32. The van der Waals surface area contributed by atoms with Crippen LogP contribution in [0.2, 0.25) is 5.02 Å². The lowest BCUT2D eigenvalue weighted by Crippen LogP contribution is -2.09. The Morgan fingerprint density at radius 1 is 1.10 bits per heavy atom. The molecule has 0 saturated heterocycles. The Balaban J connectivity index is 2.27. The van der Waals surface area contributed by atoms with E-state index in [4.69, 9.17) is 11.6 Å². The van der Waals surface area contributed by atoms with Gasteiger partial charge in [-0.25, -0.2) is 4.98 Å². The van der Waals surface area contributed by atoms with Crippen molar-refractivity contribution in [2.75, 3.05) is 0 Å². The van der Waals surface area contributed by atoms with Gasteiger partial charge in [-0.05, 0) is 49.2 Å². The van der Waals surface area contributed by atoms with Gasteiger partial charge in [0.1, 0.15) is 5.82 Å². The van der Waals surface area contributed by atoms with Crippen molar-refractivity contribution in [3.05, 3.63) is 62.9 Å². The Kier molecular flexibility index (Phi) is 3.07. The van der Waals surface area contributed by atoms with Gasteiger partial charge in [-0.1, -0.05) is 23.7 Å². The number of hydrogen-bond acceptors (Lipinski definition) is 2. The van der Waals surface area contributed by atoms with Gasteiger partial charge in [0.05, 0.1) is 10.9 Å². The molecule has 4 heteroatoms. The molecule has 0 fully saturated rings. The molecular formula is C16H13ClN2O. The number of aromatic amines is 1. The van der Waals surface area contributed by atoms with Gasteiger partial charge in [-0.2, -0.15) is 0 Å². The monoisotopic (exact) mass is 284 g/mol. The molecule has 0 aliphatic rings. The predicted octanol–water partition coefficient (Wildman–Crippen LogP) is 3.86. The Morgan fingerprint density at radius 2 is 1.75 bits per heavy atom. The average Bonchev–Trinajstić information content (AvgIpc) is 2.44. The van der Waals surface area contributed by atoms with Gasteiger partial charge in [0.2, 0.25) is 0 Å². The van der Waals surface area contributed by atoms with E-state index in [1.165, 1.54) is 0 Å². The number of nitrogens with one attached hydrogen (secondary N) is 1.